The number of aromatic nitrogens is 2. The van der Waals surface area contributed by atoms with E-state index in [1.807, 2.05) is 36.7 Å². The molecule has 0 radical (unpaired) electrons. The van der Waals surface area contributed by atoms with Crippen molar-refractivity contribution in [1.82, 2.24) is 9.97 Å². The molecule has 0 bridgehead atoms. The van der Waals surface area contributed by atoms with E-state index in [4.69, 9.17) is 11.5 Å². The maximum Gasteiger partial charge on any atom is 0.123 e. The van der Waals surface area contributed by atoms with Crippen molar-refractivity contribution in [3.8, 4) is 0 Å². The number of pyridine rings is 2. The lowest BCUT2D eigenvalue weighted by molar-refractivity contribution is 0.652. The van der Waals surface area contributed by atoms with Gasteiger partial charge >= 0.3 is 0 Å². The second-order valence-corrected chi connectivity index (χ2v) is 4.86. The third-order valence-electron chi connectivity index (χ3n) is 3.55. The zero-order valence-electron chi connectivity index (χ0n) is 11.2. The Morgan fingerprint density at radius 2 is 1.10 bits per heavy atom. The molecule has 0 unspecified atom stereocenters. The lowest BCUT2D eigenvalue weighted by Gasteiger charge is -2.37. The molecule has 0 aromatic carbocycles. The predicted octanol–water partition coefficient (Wildman–Crippen LogP) is 0.968. The van der Waals surface area contributed by atoms with E-state index in [0.29, 0.717) is 11.6 Å². The molecule has 3 heterocycles. The number of hydrogen-bond acceptors (Lipinski definition) is 6. The van der Waals surface area contributed by atoms with Crippen molar-refractivity contribution in [1.29, 1.82) is 0 Å². The SMILES string of the molecule is Nc1ccc(N2CCN(c3ccc(N)nc3)CC2)cn1. The summed E-state index contributed by atoms with van der Waals surface area (Å²) in [6, 6.07) is 7.71. The van der Waals surface area contributed by atoms with E-state index in [-0.39, 0.29) is 0 Å². The van der Waals surface area contributed by atoms with Crippen molar-refractivity contribution >= 4 is 23.0 Å². The molecule has 6 nitrogen and oxygen atoms in total. The molecule has 0 amide bonds. The standard InChI is InChI=1S/C14H18N6/c15-13-3-1-11(9-17-13)19-5-7-20(8-6-19)12-2-4-14(16)18-10-12/h1-4,9-10H,5-8H2,(H2,15,17)(H2,16,18). The molecule has 0 spiro atoms. The number of nitrogen functional groups attached to an aromatic ring is 2. The average Bonchev–Trinajstić information content (AvgIpc) is 2.49. The first-order valence-corrected chi connectivity index (χ1v) is 6.65. The van der Waals surface area contributed by atoms with Gasteiger partial charge in [0.2, 0.25) is 0 Å². The van der Waals surface area contributed by atoms with E-state index in [2.05, 4.69) is 19.8 Å². The zero-order chi connectivity index (χ0) is 13.9. The Bertz CT molecular complexity index is 504. The summed E-state index contributed by atoms with van der Waals surface area (Å²) in [6.45, 7) is 3.82. The third kappa shape index (κ3) is 2.59. The summed E-state index contributed by atoms with van der Waals surface area (Å²) in [5.74, 6) is 1.11. The maximum atomic E-state index is 5.61. The van der Waals surface area contributed by atoms with Crippen LogP contribution in [0.15, 0.2) is 36.7 Å². The van der Waals surface area contributed by atoms with E-state index in [1.54, 1.807) is 0 Å². The van der Waals surface area contributed by atoms with Gasteiger partial charge in [-0.3, -0.25) is 0 Å². The van der Waals surface area contributed by atoms with Crippen LogP contribution in [0.3, 0.4) is 0 Å². The van der Waals surface area contributed by atoms with Gasteiger partial charge in [-0.2, -0.15) is 0 Å². The summed E-state index contributed by atoms with van der Waals surface area (Å²) in [4.78, 5) is 12.9. The summed E-state index contributed by atoms with van der Waals surface area (Å²) in [6.07, 6.45) is 3.66. The minimum absolute atomic E-state index is 0.556. The molecule has 1 fully saturated rings. The summed E-state index contributed by atoms with van der Waals surface area (Å²) < 4.78 is 0. The number of rotatable bonds is 2. The van der Waals surface area contributed by atoms with Crippen molar-refractivity contribution in [3.05, 3.63) is 36.7 Å². The van der Waals surface area contributed by atoms with Gasteiger partial charge in [0.15, 0.2) is 0 Å². The maximum absolute atomic E-state index is 5.61. The Morgan fingerprint density at radius 1 is 0.700 bits per heavy atom. The van der Waals surface area contributed by atoms with Crippen molar-refractivity contribution in [2.24, 2.45) is 0 Å². The van der Waals surface area contributed by atoms with Gasteiger partial charge in [-0.15, -0.1) is 0 Å². The highest BCUT2D eigenvalue weighted by Gasteiger charge is 2.17. The van der Waals surface area contributed by atoms with Gasteiger partial charge in [-0.05, 0) is 24.3 Å². The number of hydrogen-bond donors (Lipinski definition) is 2. The Hall–Kier alpha value is -2.50. The largest absolute Gasteiger partial charge is 0.384 e. The highest BCUT2D eigenvalue weighted by molar-refractivity contribution is 5.52. The summed E-state index contributed by atoms with van der Waals surface area (Å²) >= 11 is 0. The van der Waals surface area contributed by atoms with Crippen LogP contribution in [0.4, 0.5) is 23.0 Å². The molecule has 1 saturated heterocycles. The smallest absolute Gasteiger partial charge is 0.123 e. The number of piperazine rings is 1. The van der Waals surface area contributed by atoms with Gasteiger partial charge in [0.05, 0.1) is 23.8 Å². The van der Waals surface area contributed by atoms with Crippen molar-refractivity contribution in [2.75, 3.05) is 47.4 Å². The van der Waals surface area contributed by atoms with Crippen LogP contribution < -0.4 is 21.3 Å². The van der Waals surface area contributed by atoms with Crippen LogP contribution in [0.5, 0.6) is 0 Å². The molecule has 0 aliphatic carbocycles. The van der Waals surface area contributed by atoms with Crippen LogP contribution in [-0.2, 0) is 0 Å². The molecule has 6 heteroatoms. The monoisotopic (exact) mass is 270 g/mol. The van der Waals surface area contributed by atoms with Crippen LogP contribution in [0.25, 0.3) is 0 Å². The summed E-state index contributed by atoms with van der Waals surface area (Å²) in [5.41, 5.74) is 13.5. The number of nitrogens with zero attached hydrogens (tertiary/aromatic N) is 4. The third-order valence-corrected chi connectivity index (χ3v) is 3.55. The van der Waals surface area contributed by atoms with Crippen molar-refractivity contribution in [3.63, 3.8) is 0 Å². The number of anilines is 4. The fourth-order valence-corrected chi connectivity index (χ4v) is 2.39. The molecule has 3 rings (SSSR count). The van der Waals surface area contributed by atoms with E-state index in [1.165, 1.54) is 0 Å². The average molecular weight is 270 g/mol. The zero-order valence-corrected chi connectivity index (χ0v) is 11.2. The van der Waals surface area contributed by atoms with E-state index >= 15 is 0 Å². The lowest BCUT2D eigenvalue weighted by atomic mass is 10.2. The molecule has 1 aliphatic rings. The van der Waals surface area contributed by atoms with Gasteiger partial charge in [-0.25, -0.2) is 9.97 Å². The molecule has 104 valence electrons. The van der Waals surface area contributed by atoms with E-state index in [0.717, 1.165) is 37.6 Å². The van der Waals surface area contributed by atoms with Gasteiger partial charge in [0.1, 0.15) is 11.6 Å². The molecule has 1 aliphatic heterocycles. The minimum atomic E-state index is 0.556. The van der Waals surface area contributed by atoms with Crippen LogP contribution in [0.2, 0.25) is 0 Å². The highest BCUT2D eigenvalue weighted by Crippen LogP contribution is 2.20. The molecule has 0 saturated carbocycles. The van der Waals surface area contributed by atoms with Gasteiger partial charge in [0.25, 0.3) is 0 Å². The first-order chi connectivity index (χ1) is 9.72. The van der Waals surface area contributed by atoms with Crippen LogP contribution >= 0.6 is 0 Å². The molecule has 2 aromatic heterocycles. The van der Waals surface area contributed by atoms with Gasteiger partial charge in [-0.1, -0.05) is 0 Å². The Morgan fingerprint density at radius 3 is 1.40 bits per heavy atom. The fraction of sp³-hybridized carbons (Fsp3) is 0.286. The van der Waals surface area contributed by atoms with Gasteiger partial charge < -0.3 is 21.3 Å². The molecule has 4 N–H and O–H groups in total. The second-order valence-electron chi connectivity index (χ2n) is 4.86. The molecular weight excluding hydrogens is 252 g/mol. The molecule has 0 atom stereocenters. The van der Waals surface area contributed by atoms with Crippen LogP contribution in [0.1, 0.15) is 0 Å². The van der Waals surface area contributed by atoms with E-state index in [9.17, 15) is 0 Å². The first-order valence-electron chi connectivity index (χ1n) is 6.65. The Balaban J connectivity index is 1.64. The van der Waals surface area contributed by atoms with Crippen LogP contribution in [-0.4, -0.2) is 36.1 Å². The quantitative estimate of drug-likeness (QED) is 0.846. The molecule has 20 heavy (non-hydrogen) atoms. The van der Waals surface area contributed by atoms with Crippen molar-refractivity contribution < 1.29 is 0 Å². The molecular formula is C14H18N6. The van der Waals surface area contributed by atoms with E-state index < -0.39 is 0 Å². The summed E-state index contributed by atoms with van der Waals surface area (Å²) in [5, 5.41) is 0. The number of nitrogens with two attached hydrogens (primary N) is 2. The predicted molar refractivity (Wildman–Crippen MR) is 81.7 cm³/mol. The van der Waals surface area contributed by atoms with Gasteiger partial charge in [0, 0.05) is 26.2 Å². The normalized spacial score (nSPS) is 15.4. The Labute approximate surface area is 118 Å². The topological polar surface area (TPSA) is 84.3 Å². The highest BCUT2D eigenvalue weighted by atomic mass is 15.3. The first kappa shape index (κ1) is 12.5. The second kappa shape index (κ2) is 5.24. The molecule has 2 aromatic rings. The van der Waals surface area contributed by atoms with Crippen LogP contribution in [0, 0.1) is 0 Å². The Kier molecular flexibility index (Phi) is 3.28. The lowest BCUT2D eigenvalue weighted by Crippen LogP contribution is -2.46. The fourth-order valence-electron chi connectivity index (χ4n) is 2.39. The minimum Gasteiger partial charge on any atom is -0.384 e. The summed E-state index contributed by atoms with van der Waals surface area (Å²) in [7, 11) is 0. The van der Waals surface area contributed by atoms with Crippen molar-refractivity contribution in [2.45, 2.75) is 0 Å².